The van der Waals surface area contributed by atoms with Crippen LogP contribution in [0.25, 0.3) is 109 Å². The van der Waals surface area contributed by atoms with Crippen LogP contribution in [0.2, 0.25) is 0 Å². The molecule has 1 aliphatic rings. The Hall–Kier alpha value is -7.20. The first-order valence-corrected chi connectivity index (χ1v) is 21.7. The molecule has 282 valence electrons. The van der Waals surface area contributed by atoms with Gasteiger partial charge < -0.3 is 9.13 Å². The maximum atomic E-state index is 2.51. The number of fused-ring (bicyclic) bond motifs is 12. The van der Waals surface area contributed by atoms with E-state index in [1.54, 1.807) is 0 Å². The van der Waals surface area contributed by atoms with Crippen LogP contribution in [-0.2, 0) is 5.41 Å². The summed E-state index contributed by atoms with van der Waals surface area (Å²) in [7, 11) is 0. The van der Waals surface area contributed by atoms with Crippen molar-refractivity contribution in [3.8, 4) is 44.8 Å². The molecule has 0 unspecified atom stereocenters. The first-order valence-electron chi connectivity index (χ1n) is 20.8. The highest BCUT2D eigenvalue weighted by Gasteiger charge is 2.35. The molecule has 1 aliphatic carbocycles. The summed E-state index contributed by atoms with van der Waals surface area (Å²) < 4.78 is 7.56. The van der Waals surface area contributed by atoms with Crippen LogP contribution in [0.4, 0.5) is 0 Å². The van der Waals surface area contributed by atoms with Gasteiger partial charge in [0.1, 0.15) is 0 Å². The van der Waals surface area contributed by atoms with Crippen LogP contribution in [0.5, 0.6) is 0 Å². The molecule has 3 heterocycles. The average Bonchev–Trinajstić information content (AvgIpc) is 4.01. The fourth-order valence-corrected chi connectivity index (χ4v) is 11.7. The van der Waals surface area contributed by atoms with Gasteiger partial charge >= 0.3 is 0 Å². The highest BCUT2D eigenvalue weighted by Crippen LogP contribution is 2.51. The zero-order valence-corrected chi connectivity index (χ0v) is 34.1. The van der Waals surface area contributed by atoms with Crippen LogP contribution in [0, 0.1) is 0 Å². The summed E-state index contributed by atoms with van der Waals surface area (Å²) >= 11 is 1.91. The Kier molecular flexibility index (Phi) is 6.98. The number of benzene rings is 9. The quantitative estimate of drug-likeness (QED) is 0.168. The fraction of sp³-hybridized carbons (Fsp3) is 0.0526. The number of hydrogen-bond acceptors (Lipinski definition) is 1. The van der Waals surface area contributed by atoms with Gasteiger partial charge in [0.05, 0.1) is 22.1 Å². The molecule has 2 nitrogen and oxygen atoms in total. The Bertz CT molecular complexity index is 3740. The highest BCUT2D eigenvalue weighted by atomic mass is 32.1. The van der Waals surface area contributed by atoms with E-state index in [0.29, 0.717) is 0 Å². The van der Waals surface area contributed by atoms with Crippen molar-refractivity contribution in [1.29, 1.82) is 0 Å². The molecule has 0 spiro atoms. The van der Waals surface area contributed by atoms with Gasteiger partial charge in [-0.25, -0.2) is 0 Å². The maximum absolute atomic E-state index is 2.51. The summed E-state index contributed by atoms with van der Waals surface area (Å²) in [5.74, 6) is 0. The van der Waals surface area contributed by atoms with Crippen LogP contribution in [0.3, 0.4) is 0 Å². The molecule has 0 aliphatic heterocycles. The summed E-state index contributed by atoms with van der Waals surface area (Å²) in [5.41, 5.74) is 17.5. The van der Waals surface area contributed by atoms with Gasteiger partial charge in [0.2, 0.25) is 0 Å². The molecule has 13 rings (SSSR count). The summed E-state index contributed by atoms with van der Waals surface area (Å²) in [6.45, 7) is 4.75. The van der Waals surface area contributed by atoms with Gasteiger partial charge in [-0.3, -0.25) is 0 Å². The second-order valence-electron chi connectivity index (χ2n) is 16.9. The summed E-state index contributed by atoms with van der Waals surface area (Å²) in [5, 5.41) is 7.64. The molecule has 0 bridgehead atoms. The van der Waals surface area contributed by atoms with E-state index in [1.807, 2.05) is 11.3 Å². The van der Waals surface area contributed by atoms with Gasteiger partial charge in [-0.2, -0.15) is 0 Å². The Morgan fingerprint density at radius 2 is 0.900 bits per heavy atom. The number of para-hydroxylation sites is 3. The lowest BCUT2D eigenvalue weighted by atomic mass is 9.81. The van der Waals surface area contributed by atoms with E-state index < -0.39 is 0 Å². The lowest BCUT2D eigenvalue weighted by molar-refractivity contribution is 0.660. The summed E-state index contributed by atoms with van der Waals surface area (Å²) in [6.07, 6.45) is 0. The maximum Gasteiger partial charge on any atom is 0.0547 e. The standard InChI is InChI=1S/C57H38N2S/c1-57(2)49-20-10-6-16-40(49)41-27-26-37(30-50(41)57)47-33-39(34-48-46-19-9-13-23-55(46)60-56(47)48)59-52-22-12-8-18-43(52)45-29-25-36(32-54(45)59)35-24-28-44-42-17-7-11-21-51(42)58(53(44)31-35)38-14-4-3-5-15-38/h3-34H,1-2H3. The molecule has 9 aromatic carbocycles. The van der Waals surface area contributed by atoms with Crippen molar-refractivity contribution in [3.05, 3.63) is 205 Å². The monoisotopic (exact) mass is 782 g/mol. The minimum Gasteiger partial charge on any atom is -0.309 e. The predicted molar refractivity (Wildman–Crippen MR) is 256 cm³/mol. The van der Waals surface area contributed by atoms with Crippen molar-refractivity contribution in [3.63, 3.8) is 0 Å². The zero-order valence-electron chi connectivity index (χ0n) is 33.3. The third-order valence-corrected chi connectivity index (χ3v) is 14.5. The van der Waals surface area contributed by atoms with Gasteiger partial charge in [-0.1, -0.05) is 147 Å². The largest absolute Gasteiger partial charge is 0.309 e. The van der Waals surface area contributed by atoms with Crippen LogP contribution >= 0.6 is 11.3 Å². The van der Waals surface area contributed by atoms with Crippen molar-refractivity contribution in [2.75, 3.05) is 0 Å². The molecule has 0 fully saturated rings. The smallest absolute Gasteiger partial charge is 0.0547 e. The third-order valence-electron chi connectivity index (χ3n) is 13.3. The molecule has 0 saturated carbocycles. The summed E-state index contributed by atoms with van der Waals surface area (Å²) in [6, 6.07) is 72.4. The van der Waals surface area contributed by atoms with Crippen LogP contribution in [0.1, 0.15) is 25.0 Å². The van der Waals surface area contributed by atoms with Gasteiger partial charge in [0.25, 0.3) is 0 Å². The normalized spacial score (nSPS) is 13.3. The Morgan fingerprint density at radius 3 is 1.62 bits per heavy atom. The van der Waals surface area contributed by atoms with Gasteiger partial charge in [0.15, 0.2) is 0 Å². The van der Waals surface area contributed by atoms with Gasteiger partial charge in [-0.05, 0) is 99.6 Å². The number of thiophene rings is 1. The molecular formula is C57H38N2S. The van der Waals surface area contributed by atoms with Gasteiger partial charge in [-0.15, -0.1) is 11.3 Å². The van der Waals surface area contributed by atoms with E-state index in [-0.39, 0.29) is 5.41 Å². The number of nitrogens with zero attached hydrogens (tertiary/aromatic N) is 2. The van der Waals surface area contributed by atoms with E-state index in [4.69, 9.17) is 0 Å². The predicted octanol–water partition coefficient (Wildman–Crippen LogP) is 15.9. The minimum absolute atomic E-state index is 0.0828. The van der Waals surface area contributed by atoms with Crippen LogP contribution < -0.4 is 0 Å². The Balaban J connectivity index is 1.05. The molecule has 0 amide bonds. The van der Waals surface area contributed by atoms with E-state index in [9.17, 15) is 0 Å². The molecule has 3 aromatic heterocycles. The molecular weight excluding hydrogens is 745 g/mol. The number of hydrogen-bond donors (Lipinski definition) is 0. The second kappa shape index (κ2) is 12.4. The van der Waals surface area contributed by atoms with Gasteiger partial charge in [0, 0.05) is 64.1 Å². The van der Waals surface area contributed by atoms with Crippen molar-refractivity contribution in [1.82, 2.24) is 9.13 Å². The summed E-state index contributed by atoms with van der Waals surface area (Å²) in [4.78, 5) is 0. The molecule has 12 aromatic rings. The lowest BCUT2D eigenvalue weighted by Gasteiger charge is -2.22. The zero-order chi connectivity index (χ0) is 39.7. The number of rotatable bonds is 4. The van der Waals surface area contributed by atoms with E-state index in [0.717, 1.165) is 0 Å². The van der Waals surface area contributed by atoms with Crippen molar-refractivity contribution in [2.24, 2.45) is 0 Å². The molecule has 0 saturated heterocycles. The first kappa shape index (κ1) is 33.7. The topological polar surface area (TPSA) is 9.86 Å². The van der Waals surface area contributed by atoms with E-state index in [2.05, 4.69) is 217 Å². The van der Waals surface area contributed by atoms with E-state index in [1.165, 1.54) is 120 Å². The molecule has 0 radical (unpaired) electrons. The Morgan fingerprint density at radius 1 is 0.350 bits per heavy atom. The SMILES string of the molecule is CC1(C)c2ccccc2-c2ccc(-c3cc(-n4c5ccccc5c5ccc(-c6ccc7c8ccccc8n(-c8ccccc8)c7c6)cc54)cc4c3sc3ccccc34)cc21. The molecule has 3 heteroatoms. The third kappa shape index (κ3) is 4.70. The lowest BCUT2D eigenvalue weighted by Crippen LogP contribution is -2.14. The molecule has 0 N–H and O–H groups in total. The average molecular weight is 783 g/mol. The molecule has 0 atom stereocenters. The van der Waals surface area contributed by atoms with Crippen LogP contribution in [0.15, 0.2) is 194 Å². The fourth-order valence-electron chi connectivity index (χ4n) is 10.5. The van der Waals surface area contributed by atoms with Crippen molar-refractivity contribution >= 4 is 75.1 Å². The minimum atomic E-state index is -0.0828. The van der Waals surface area contributed by atoms with Crippen LogP contribution in [-0.4, -0.2) is 9.13 Å². The Labute approximate surface area is 351 Å². The highest BCUT2D eigenvalue weighted by molar-refractivity contribution is 7.26. The number of aromatic nitrogens is 2. The second-order valence-corrected chi connectivity index (χ2v) is 18.0. The van der Waals surface area contributed by atoms with Crippen molar-refractivity contribution < 1.29 is 0 Å². The molecule has 60 heavy (non-hydrogen) atoms. The van der Waals surface area contributed by atoms with E-state index >= 15 is 0 Å². The van der Waals surface area contributed by atoms with Crippen molar-refractivity contribution in [2.45, 2.75) is 19.3 Å². The first-order chi connectivity index (χ1) is 29.5.